The molecule has 0 radical (unpaired) electrons. The van der Waals surface area contributed by atoms with Gasteiger partial charge < -0.3 is 10.2 Å². The van der Waals surface area contributed by atoms with E-state index in [0.717, 1.165) is 37.5 Å². The van der Waals surface area contributed by atoms with Gasteiger partial charge in [0.15, 0.2) is 0 Å². The lowest BCUT2D eigenvalue weighted by Crippen LogP contribution is -2.00. The number of hydrogen-bond donors (Lipinski definition) is 2. The first-order chi connectivity index (χ1) is 10.5. The number of allylic oxidation sites excluding steroid dienone is 2. The molecule has 0 aliphatic carbocycles. The smallest absolute Gasteiger partial charge is 0.332 e. The van der Waals surface area contributed by atoms with Gasteiger partial charge in [0.25, 0.3) is 0 Å². The van der Waals surface area contributed by atoms with E-state index in [9.17, 15) is 9.59 Å². The lowest BCUT2D eigenvalue weighted by atomic mass is 10.1. The first kappa shape index (κ1) is 21.7. The molecule has 0 bridgehead atoms. The van der Waals surface area contributed by atoms with Crippen LogP contribution >= 0.6 is 0 Å². The topological polar surface area (TPSA) is 122 Å². The number of nitrogens with zero attached hydrogens (tertiary/aromatic N) is 2. The van der Waals surface area contributed by atoms with Crippen LogP contribution in [0.5, 0.6) is 0 Å². The Kier molecular flexibility index (Phi) is 16.2. The normalized spacial score (nSPS) is 10.2. The fraction of sp³-hybridized carbons (Fsp3) is 0.500. The van der Waals surface area contributed by atoms with Crippen molar-refractivity contribution in [1.82, 2.24) is 0 Å². The van der Waals surface area contributed by atoms with E-state index in [1.165, 1.54) is 25.3 Å². The number of unbranched alkanes of at least 4 members (excludes halogenated alkanes) is 5. The van der Waals surface area contributed by atoms with Crippen molar-refractivity contribution in [2.24, 2.45) is 0 Å². The van der Waals surface area contributed by atoms with E-state index in [1.807, 2.05) is 0 Å². The van der Waals surface area contributed by atoms with Crippen LogP contribution in [0.1, 0.15) is 51.9 Å². The number of carboxylic acids is 2. The zero-order valence-corrected chi connectivity index (χ0v) is 12.8. The van der Waals surface area contributed by atoms with E-state index in [4.69, 9.17) is 20.7 Å². The fourth-order valence-corrected chi connectivity index (χ4v) is 1.52. The van der Waals surface area contributed by atoms with Gasteiger partial charge in [-0.2, -0.15) is 10.5 Å². The average Bonchev–Trinajstić information content (AvgIpc) is 2.48. The molecule has 0 aliphatic heterocycles. The maximum atomic E-state index is 10.6. The number of carboxylic acid groups (broad SMARTS) is 2. The molecule has 0 saturated carbocycles. The summed E-state index contributed by atoms with van der Waals surface area (Å²) in [4.78, 5) is 20.2. The molecule has 0 aromatic carbocycles. The van der Waals surface area contributed by atoms with E-state index in [2.05, 4.69) is 6.92 Å². The Bertz CT molecular complexity index is 468. The number of hydrogen-bond acceptors (Lipinski definition) is 4. The van der Waals surface area contributed by atoms with Gasteiger partial charge in [0.05, 0.1) is 12.1 Å². The largest absolute Gasteiger partial charge is 0.478 e. The highest BCUT2D eigenvalue weighted by Crippen LogP contribution is 2.11. The molecular weight excluding hydrogens is 284 g/mol. The highest BCUT2D eigenvalue weighted by Gasteiger charge is 2.05. The summed E-state index contributed by atoms with van der Waals surface area (Å²) in [5.41, 5.74) is 0.230. The van der Waals surface area contributed by atoms with Gasteiger partial charge in [-0.25, -0.2) is 9.59 Å². The molecule has 0 saturated heterocycles. The number of nitriles is 2. The minimum Gasteiger partial charge on any atom is -0.478 e. The second-order valence-corrected chi connectivity index (χ2v) is 4.42. The van der Waals surface area contributed by atoms with Crippen LogP contribution in [0.2, 0.25) is 0 Å². The lowest BCUT2D eigenvalue weighted by molar-refractivity contribution is -0.133. The monoisotopic (exact) mass is 306 g/mol. The van der Waals surface area contributed by atoms with Crippen LogP contribution in [-0.2, 0) is 9.59 Å². The van der Waals surface area contributed by atoms with E-state index in [-0.39, 0.29) is 5.57 Å². The van der Waals surface area contributed by atoms with Crippen LogP contribution in [0.15, 0.2) is 23.8 Å². The van der Waals surface area contributed by atoms with Crippen LogP contribution in [0.3, 0.4) is 0 Å². The zero-order valence-electron chi connectivity index (χ0n) is 12.8. The van der Waals surface area contributed by atoms with Crippen LogP contribution in [0.4, 0.5) is 0 Å². The van der Waals surface area contributed by atoms with E-state index < -0.39 is 11.9 Å². The molecule has 0 aromatic heterocycles. The van der Waals surface area contributed by atoms with Gasteiger partial charge in [-0.15, -0.1) is 0 Å². The third kappa shape index (κ3) is 17.4. The third-order valence-electron chi connectivity index (χ3n) is 2.61. The molecule has 2 N–H and O–H groups in total. The molecule has 0 amide bonds. The molecule has 0 atom stereocenters. The van der Waals surface area contributed by atoms with Gasteiger partial charge in [-0.05, 0) is 12.8 Å². The quantitative estimate of drug-likeness (QED) is 0.382. The van der Waals surface area contributed by atoms with Gasteiger partial charge in [-0.1, -0.05) is 39.0 Å². The molecule has 0 fully saturated rings. The number of rotatable bonds is 9. The molecule has 6 nitrogen and oxygen atoms in total. The Morgan fingerprint density at radius 3 is 2.00 bits per heavy atom. The van der Waals surface area contributed by atoms with Crippen molar-refractivity contribution in [2.75, 3.05) is 0 Å². The van der Waals surface area contributed by atoms with Gasteiger partial charge in [-0.3, -0.25) is 0 Å². The summed E-state index contributed by atoms with van der Waals surface area (Å²) in [6.45, 7) is 2.16. The van der Waals surface area contributed by atoms with Crippen molar-refractivity contribution in [3.63, 3.8) is 0 Å². The molecule has 0 unspecified atom stereocenters. The predicted molar refractivity (Wildman–Crippen MR) is 81.7 cm³/mol. The SMILES string of the molecule is CCCCCCCCC(=CC#N)C(=O)O.N#CC=CC(=O)O. The molecule has 0 spiro atoms. The first-order valence-electron chi connectivity index (χ1n) is 7.10. The van der Waals surface area contributed by atoms with Crippen molar-refractivity contribution in [2.45, 2.75) is 51.9 Å². The maximum absolute atomic E-state index is 10.6. The molecule has 0 aromatic rings. The van der Waals surface area contributed by atoms with E-state index in [1.54, 1.807) is 6.07 Å². The summed E-state index contributed by atoms with van der Waals surface area (Å²) in [6.07, 6.45) is 10.1. The molecule has 0 aliphatic rings. The molecule has 0 heterocycles. The highest BCUT2D eigenvalue weighted by atomic mass is 16.4. The Balaban J connectivity index is 0. The summed E-state index contributed by atoms with van der Waals surface area (Å²) in [5, 5.41) is 32.6. The summed E-state index contributed by atoms with van der Waals surface area (Å²) in [7, 11) is 0. The molecule has 6 heteroatoms. The number of carbonyl (C=O) groups is 2. The van der Waals surface area contributed by atoms with E-state index in [0.29, 0.717) is 6.42 Å². The second kappa shape index (κ2) is 16.5. The lowest BCUT2D eigenvalue weighted by Gasteiger charge is -2.01. The molecule has 0 rings (SSSR count). The van der Waals surface area contributed by atoms with Crippen LogP contribution in [-0.4, -0.2) is 22.2 Å². The Morgan fingerprint density at radius 2 is 1.59 bits per heavy atom. The van der Waals surface area contributed by atoms with Gasteiger partial charge in [0, 0.05) is 23.8 Å². The van der Waals surface area contributed by atoms with Crippen LogP contribution in [0, 0.1) is 22.7 Å². The Labute approximate surface area is 131 Å². The predicted octanol–water partition coefficient (Wildman–Crippen LogP) is 3.42. The minimum absolute atomic E-state index is 0.230. The van der Waals surface area contributed by atoms with Gasteiger partial charge in [0.2, 0.25) is 0 Å². The van der Waals surface area contributed by atoms with Gasteiger partial charge >= 0.3 is 11.9 Å². The Morgan fingerprint density at radius 1 is 1.00 bits per heavy atom. The third-order valence-corrected chi connectivity index (χ3v) is 2.61. The summed E-state index contributed by atoms with van der Waals surface area (Å²) in [5.74, 6) is -2.06. The molecule has 22 heavy (non-hydrogen) atoms. The summed E-state index contributed by atoms with van der Waals surface area (Å²) < 4.78 is 0. The van der Waals surface area contributed by atoms with Gasteiger partial charge in [0.1, 0.15) is 0 Å². The minimum atomic E-state index is -1.10. The summed E-state index contributed by atoms with van der Waals surface area (Å²) in [6, 6.07) is 3.31. The molecular formula is C16H22N2O4. The van der Waals surface area contributed by atoms with Crippen molar-refractivity contribution >= 4 is 11.9 Å². The average molecular weight is 306 g/mol. The second-order valence-electron chi connectivity index (χ2n) is 4.42. The number of aliphatic carboxylic acids is 2. The van der Waals surface area contributed by atoms with Crippen molar-refractivity contribution in [1.29, 1.82) is 10.5 Å². The highest BCUT2D eigenvalue weighted by molar-refractivity contribution is 5.87. The molecule has 120 valence electrons. The standard InChI is InChI=1S/C12H19NO2.C4H3NO2/c1-2-3-4-5-6-7-8-11(9-10-13)12(14)15;5-3-1-2-4(6)7/h9H,2-8H2,1H3,(H,14,15);1-2H,(H,6,7). The van der Waals surface area contributed by atoms with Crippen molar-refractivity contribution in [3.8, 4) is 12.1 Å². The Hall–Kier alpha value is -2.60. The fourth-order valence-electron chi connectivity index (χ4n) is 1.52. The van der Waals surface area contributed by atoms with Crippen molar-refractivity contribution in [3.05, 3.63) is 23.8 Å². The summed E-state index contributed by atoms with van der Waals surface area (Å²) >= 11 is 0. The van der Waals surface area contributed by atoms with Crippen LogP contribution in [0.25, 0.3) is 0 Å². The maximum Gasteiger partial charge on any atom is 0.332 e. The van der Waals surface area contributed by atoms with Crippen molar-refractivity contribution < 1.29 is 19.8 Å². The van der Waals surface area contributed by atoms with E-state index >= 15 is 0 Å². The van der Waals surface area contributed by atoms with Crippen LogP contribution < -0.4 is 0 Å². The first-order valence-corrected chi connectivity index (χ1v) is 7.10. The zero-order chi connectivity index (χ0) is 17.2.